The Morgan fingerprint density at radius 2 is 1.29 bits per heavy atom. The van der Waals surface area contributed by atoms with Gasteiger partial charge in [0, 0.05) is 16.8 Å². The van der Waals surface area contributed by atoms with E-state index in [9.17, 15) is 24.3 Å². The van der Waals surface area contributed by atoms with Crippen LogP contribution >= 0.6 is 0 Å². The van der Waals surface area contributed by atoms with Crippen LogP contribution in [0.25, 0.3) is 0 Å². The Kier molecular flexibility index (Phi) is 7.71. The van der Waals surface area contributed by atoms with Crippen molar-refractivity contribution in [2.75, 3.05) is 5.32 Å². The number of carbonyl (C=O) groups excluding carboxylic acids is 3. The number of nitrogens with one attached hydrogen (secondary N) is 3. The van der Waals surface area contributed by atoms with Crippen LogP contribution in [-0.4, -0.2) is 28.8 Å². The third-order valence-corrected chi connectivity index (χ3v) is 6.14. The average Bonchev–Trinajstić information content (AvgIpc) is 2.82. The van der Waals surface area contributed by atoms with Crippen molar-refractivity contribution in [3.05, 3.63) is 65.2 Å². The number of carboxylic acids is 1. The van der Waals surface area contributed by atoms with E-state index in [2.05, 4.69) is 36.9 Å². The lowest BCUT2D eigenvalue weighted by atomic mass is 9.79. The molecule has 1 aliphatic rings. The second-order valence-corrected chi connectivity index (χ2v) is 9.64. The van der Waals surface area contributed by atoms with Gasteiger partial charge in [-0.25, -0.2) is 0 Å². The van der Waals surface area contributed by atoms with Crippen LogP contribution in [0.3, 0.4) is 0 Å². The quantitative estimate of drug-likeness (QED) is 0.499. The summed E-state index contributed by atoms with van der Waals surface area (Å²) in [5.41, 5.74) is 7.16. The van der Waals surface area contributed by atoms with Crippen molar-refractivity contribution in [3.63, 3.8) is 0 Å². The van der Waals surface area contributed by atoms with E-state index < -0.39 is 29.6 Å². The van der Waals surface area contributed by atoms with E-state index in [0.29, 0.717) is 24.1 Å². The van der Waals surface area contributed by atoms with Crippen molar-refractivity contribution >= 4 is 29.4 Å². The van der Waals surface area contributed by atoms with Gasteiger partial charge in [-0.2, -0.15) is 0 Å². The molecule has 180 valence electrons. The van der Waals surface area contributed by atoms with Crippen molar-refractivity contribution < 1.29 is 24.3 Å². The Balaban J connectivity index is 1.54. The molecule has 4 N–H and O–H groups in total. The Bertz CT molecular complexity index is 1060. The topological polar surface area (TPSA) is 125 Å². The highest BCUT2D eigenvalue weighted by atomic mass is 16.4. The van der Waals surface area contributed by atoms with Gasteiger partial charge in [-0.1, -0.05) is 45.7 Å². The van der Waals surface area contributed by atoms with Gasteiger partial charge in [0.05, 0.1) is 11.8 Å². The zero-order valence-corrected chi connectivity index (χ0v) is 19.7. The summed E-state index contributed by atoms with van der Waals surface area (Å²) in [4.78, 5) is 48.7. The molecule has 1 aliphatic carbocycles. The number of hydrogen-bond donors (Lipinski definition) is 4. The molecular weight excluding hydrogens is 434 g/mol. The van der Waals surface area contributed by atoms with Crippen LogP contribution in [0, 0.1) is 11.8 Å². The molecule has 1 saturated carbocycles. The predicted molar refractivity (Wildman–Crippen MR) is 128 cm³/mol. The Morgan fingerprint density at radius 3 is 1.85 bits per heavy atom. The summed E-state index contributed by atoms with van der Waals surface area (Å²) in [7, 11) is 0. The minimum Gasteiger partial charge on any atom is -0.481 e. The van der Waals surface area contributed by atoms with Gasteiger partial charge in [0.1, 0.15) is 0 Å². The summed E-state index contributed by atoms with van der Waals surface area (Å²) >= 11 is 0. The minimum absolute atomic E-state index is 0.000744. The predicted octanol–water partition coefficient (Wildman–Crippen LogP) is 3.89. The molecule has 0 aromatic heterocycles. The summed E-state index contributed by atoms with van der Waals surface area (Å²) in [5.74, 6) is -3.69. The number of amides is 3. The van der Waals surface area contributed by atoms with Crippen molar-refractivity contribution in [3.8, 4) is 0 Å². The van der Waals surface area contributed by atoms with Crippen molar-refractivity contribution in [2.24, 2.45) is 11.8 Å². The van der Waals surface area contributed by atoms with Gasteiger partial charge in [0.2, 0.25) is 5.91 Å². The summed E-state index contributed by atoms with van der Waals surface area (Å²) in [5, 5.41) is 12.1. The summed E-state index contributed by atoms with van der Waals surface area (Å²) in [6.07, 6.45) is 2.49. The summed E-state index contributed by atoms with van der Waals surface area (Å²) < 4.78 is 0. The van der Waals surface area contributed by atoms with Crippen LogP contribution < -0.4 is 16.2 Å². The van der Waals surface area contributed by atoms with Crippen LogP contribution in [0.2, 0.25) is 0 Å². The van der Waals surface area contributed by atoms with E-state index in [1.807, 2.05) is 12.1 Å². The first-order valence-electron chi connectivity index (χ1n) is 11.4. The number of rotatable bonds is 5. The highest BCUT2D eigenvalue weighted by molar-refractivity contribution is 6.04. The summed E-state index contributed by atoms with van der Waals surface area (Å²) in [6.45, 7) is 6.32. The van der Waals surface area contributed by atoms with Gasteiger partial charge in [-0.15, -0.1) is 0 Å². The molecule has 2 aromatic rings. The standard InChI is InChI=1S/C26H31N3O5/c1-26(2,3)18-12-8-16(9-13-18)22(30)27-19-14-10-17(11-15-19)23(31)28-29-24(32)20-6-4-5-7-21(20)25(33)34/h8-15,20-21H,4-7H2,1-3H3,(H,27,30)(H,28,31)(H,29,32)(H,33,34)/t20-,21+/m0/s1. The molecule has 3 rings (SSSR count). The third-order valence-electron chi connectivity index (χ3n) is 6.14. The molecule has 3 amide bonds. The van der Waals surface area contributed by atoms with E-state index in [4.69, 9.17) is 0 Å². The van der Waals surface area contributed by atoms with Gasteiger partial charge in [-0.05, 0) is 60.2 Å². The van der Waals surface area contributed by atoms with Gasteiger partial charge in [0.15, 0.2) is 0 Å². The SMILES string of the molecule is CC(C)(C)c1ccc(C(=O)Nc2ccc(C(=O)NNC(=O)[C@H]3CCCC[C@H]3C(=O)O)cc2)cc1. The molecule has 2 atom stereocenters. The van der Waals surface area contributed by atoms with E-state index in [1.54, 1.807) is 24.3 Å². The number of benzene rings is 2. The fourth-order valence-electron chi connectivity index (χ4n) is 4.05. The van der Waals surface area contributed by atoms with Crippen molar-refractivity contribution in [2.45, 2.75) is 51.9 Å². The first-order chi connectivity index (χ1) is 16.1. The first-order valence-corrected chi connectivity index (χ1v) is 11.4. The molecule has 0 radical (unpaired) electrons. The number of aliphatic carboxylic acids is 1. The number of carboxylic acid groups (broad SMARTS) is 1. The maximum atomic E-state index is 12.5. The average molecular weight is 466 g/mol. The lowest BCUT2D eigenvalue weighted by Crippen LogP contribution is -2.47. The molecule has 8 nitrogen and oxygen atoms in total. The fraction of sp³-hybridized carbons (Fsp3) is 0.385. The lowest BCUT2D eigenvalue weighted by molar-refractivity contribution is -0.149. The zero-order valence-electron chi connectivity index (χ0n) is 19.7. The van der Waals surface area contributed by atoms with Crippen LogP contribution in [0.15, 0.2) is 48.5 Å². The Labute approximate surface area is 199 Å². The van der Waals surface area contributed by atoms with Gasteiger partial charge < -0.3 is 10.4 Å². The molecule has 8 heteroatoms. The van der Waals surface area contributed by atoms with Crippen LogP contribution in [0.4, 0.5) is 5.69 Å². The van der Waals surface area contributed by atoms with Crippen molar-refractivity contribution in [1.29, 1.82) is 0 Å². The second kappa shape index (κ2) is 10.5. The zero-order chi connectivity index (χ0) is 24.9. The molecular formula is C26H31N3O5. The van der Waals surface area contributed by atoms with E-state index in [-0.39, 0.29) is 16.9 Å². The molecule has 0 heterocycles. The molecule has 34 heavy (non-hydrogen) atoms. The van der Waals surface area contributed by atoms with Gasteiger partial charge in [-0.3, -0.25) is 30.0 Å². The minimum atomic E-state index is -0.992. The number of carbonyl (C=O) groups is 4. The lowest BCUT2D eigenvalue weighted by Gasteiger charge is -2.27. The molecule has 0 aliphatic heterocycles. The third kappa shape index (κ3) is 6.21. The van der Waals surface area contributed by atoms with E-state index in [1.165, 1.54) is 12.1 Å². The maximum absolute atomic E-state index is 12.5. The van der Waals surface area contributed by atoms with E-state index in [0.717, 1.165) is 18.4 Å². The normalized spacial score (nSPS) is 18.0. The van der Waals surface area contributed by atoms with Crippen molar-refractivity contribution in [1.82, 2.24) is 10.9 Å². The molecule has 0 saturated heterocycles. The monoisotopic (exact) mass is 465 g/mol. The Hall–Kier alpha value is -3.68. The largest absolute Gasteiger partial charge is 0.481 e. The molecule has 0 bridgehead atoms. The smallest absolute Gasteiger partial charge is 0.307 e. The first kappa shape index (κ1) is 25.0. The molecule has 0 spiro atoms. The number of hydrogen-bond acceptors (Lipinski definition) is 4. The second-order valence-electron chi connectivity index (χ2n) is 9.64. The van der Waals surface area contributed by atoms with Gasteiger partial charge in [0.25, 0.3) is 11.8 Å². The molecule has 2 aromatic carbocycles. The van der Waals surface area contributed by atoms with Crippen LogP contribution in [0.5, 0.6) is 0 Å². The summed E-state index contributed by atoms with van der Waals surface area (Å²) in [6, 6.07) is 13.7. The molecule has 1 fully saturated rings. The Morgan fingerprint density at radius 1 is 0.765 bits per heavy atom. The fourth-order valence-corrected chi connectivity index (χ4v) is 4.05. The highest BCUT2D eigenvalue weighted by Gasteiger charge is 2.35. The number of anilines is 1. The van der Waals surface area contributed by atoms with E-state index >= 15 is 0 Å². The van der Waals surface area contributed by atoms with Crippen LogP contribution in [0.1, 0.15) is 72.7 Å². The highest BCUT2D eigenvalue weighted by Crippen LogP contribution is 2.30. The van der Waals surface area contributed by atoms with Gasteiger partial charge >= 0.3 is 5.97 Å². The van der Waals surface area contributed by atoms with Crippen LogP contribution in [-0.2, 0) is 15.0 Å². The maximum Gasteiger partial charge on any atom is 0.307 e. The number of hydrazine groups is 1. The molecule has 0 unspecified atom stereocenters.